The third-order valence-corrected chi connectivity index (χ3v) is 3.55. The first-order chi connectivity index (χ1) is 10.1. The maximum atomic E-state index is 11.9. The van der Waals surface area contributed by atoms with Crippen LogP contribution in [0.15, 0.2) is 34.9 Å². The van der Waals surface area contributed by atoms with E-state index in [1.54, 1.807) is 0 Å². The van der Waals surface area contributed by atoms with Crippen molar-refractivity contribution in [1.29, 1.82) is 0 Å². The summed E-state index contributed by atoms with van der Waals surface area (Å²) in [6.45, 7) is 4.15. The summed E-state index contributed by atoms with van der Waals surface area (Å²) in [6, 6.07) is 9.70. The molecule has 0 aliphatic carbocycles. The molecule has 0 bridgehead atoms. The van der Waals surface area contributed by atoms with E-state index in [9.17, 15) is 4.79 Å². The molecule has 0 aliphatic heterocycles. The normalized spacial score (nSPS) is 12.1. The average Bonchev–Trinajstić information content (AvgIpc) is 2.82. The minimum absolute atomic E-state index is 0.0126. The Morgan fingerprint density at radius 1 is 1.33 bits per heavy atom. The van der Waals surface area contributed by atoms with Gasteiger partial charge in [-0.2, -0.15) is 0 Å². The summed E-state index contributed by atoms with van der Waals surface area (Å²) >= 11 is 0. The van der Waals surface area contributed by atoms with Crippen molar-refractivity contribution < 1.29 is 9.32 Å². The van der Waals surface area contributed by atoms with Gasteiger partial charge in [-0.15, -0.1) is 0 Å². The van der Waals surface area contributed by atoms with Crippen LogP contribution in [0.4, 0.5) is 0 Å². The van der Waals surface area contributed by atoms with Crippen LogP contribution in [0.25, 0.3) is 0 Å². The predicted molar refractivity (Wildman–Crippen MR) is 80.4 cm³/mol. The number of nitrogens with two attached hydrogens (primary N) is 1. The number of aryl methyl sites for hydroxylation is 2. The summed E-state index contributed by atoms with van der Waals surface area (Å²) in [5.74, 6) is 0.732. The molecule has 1 amide bonds. The molecule has 112 valence electrons. The molecular weight excluding hydrogens is 266 g/mol. The van der Waals surface area contributed by atoms with E-state index in [4.69, 9.17) is 10.3 Å². The van der Waals surface area contributed by atoms with Gasteiger partial charge in [-0.3, -0.25) is 4.79 Å². The Morgan fingerprint density at radius 2 is 2.05 bits per heavy atom. The Hall–Kier alpha value is -2.14. The van der Waals surface area contributed by atoms with Gasteiger partial charge in [-0.05, 0) is 25.8 Å². The molecule has 0 aliphatic rings. The van der Waals surface area contributed by atoms with Gasteiger partial charge in [0.1, 0.15) is 5.76 Å². The molecule has 2 rings (SSSR count). The van der Waals surface area contributed by atoms with Gasteiger partial charge < -0.3 is 15.6 Å². The van der Waals surface area contributed by atoms with Crippen molar-refractivity contribution in [1.82, 2.24) is 10.5 Å². The monoisotopic (exact) mass is 287 g/mol. The molecule has 0 radical (unpaired) electrons. The Balaban J connectivity index is 1.78. The van der Waals surface area contributed by atoms with Crippen LogP contribution in [-0.4, -0.2) is 11.1 Å². The fourth-order valence-corrected chi connectivity index (χ4v) is 2.18. The highest BCUT2D eigenvalue weighted by atomic mass is 16.5. The van der Waals surface area contributed by atoms with E-state index >= 15 is 0 Å². The maximum Gasteiger partial charge on any atom is 0.220 e. The number of benzene rings is 1. The largest absolute Gasteiger partial charge is 0.361 e. The minimum atomic E-state index is -0.115. The molecule has 1 aromatic carbocycles. The van der Waals surface area contributed by atoms with E-state index < -0.39 is 0 Å². The molecule has 0 saturated heterocycles. The molecule has 21 heavy (non-hydrogen) atoms. The number of nitrogens with zero attached hydrogens (tertiary/aromatic N) is 1. The zero-order valence-corrected chi connectivity index (χ0v) is 12.4. The number of amides is 1. The van der Waals surface area contributed by atoms with Crippen molar-refractivity contribution >= 4 is 5.91 Å². The van der Waals surface area contributed by atoms with Gasteiger partial charge in [-0.1, -0.05) is 35.5 Å². The molecule has 1 aromatic heterocycles. The van der Waals surface area contributed by atoms with Crippen molar-refractivity contribution in [3.8, 4) is 0 Å². The lowest BCUT2D eigenvalue weighted by atomic mass is 10.0. The third kappa shape index (κ3) is 4.16. The van der Waals surface area contributed by atoms with Gasteiger partial charge in [0.2, 0.25) is 5.91 Å². The maximum absolute atomic E-state index is 11.9. The molecule has 1 heterocycles. The summed E-state index contributed by atoms with van der Waals surface area (Å²) in [7, 11) is 0. The highest BCUT2D eigenvalue weighted by Crippen LogP contribution is 2.15. The molecular formula is C16H21N3O2. The van der Waals surface area contributed by atoms with E-state index in [1.165, 1.54) is 0 Å². The Kier molecular flexibility index (Phi) is 5.11. The second kappa shape index (κ2) is 7.04. The zero-order chi connectivity index (χ0) is 15.2. The van der Waals surface area contributed by atoms with Crippen LogP contribution in [0.3, 0.4) is 0 Å². The highest BCUT2D eigenvalue weighted by Gasteiger charge is 2.12. The molecule has 0 saturated carbocycles. The predicted octanol–water partition coefficient (Wildman–Crippen LogP) is 2.39. The number of carbonyl (C=O) groups excluding carboxylic acids is 1. The molecule has 1 unspecified atom stereocenters. The van der Waals surface area contributed by atoms with Crippen molar-refractivity contribution in [2.24, 2.45) is 5.73 Å². The third-order valence-electron chi connectivity index (χ3n) is 3.55. The van der Waals surface area contributed by atoms with E-state index in [2.05, 4.69) is 10.5 Å². The summed E-state index contributed by atoms with van der Waals surface area (Å²) in [4.78, 5) is 11.9. The van der Waals surface area contributed by atoms with Crippen LogP contribution in [0.5, 0.6) is 0 Å². The average molecular weight is 287 g/mol. The van der Waals surface area contributed by atoms with Crippen LogP contribution in [-0.2, 0) is 11.3 Å². The summed E-state index contributed by atoms with van der Waals surface area (Å²) in [5.41, 5.74) is 8.88. The quantitative estimate of drug-likeness (QED) is 0.854. The summed E-state index contributed by atoms with van der Waals surface area (Å²) in [6.07, 6.45) is 1.02. The van der Waals surface area contributed by atoms with Crippen molar-refractivity contribution in [2.75, 3.05) is 0 Å². The Bertz CT molecular complexity index is 573. The first-order valence-corrected chi connectivity index (χ1v) is 7.07. The number of hydrogen-bond acceptors (Lipinski definition) is 4. The van der Waals surface area contributed by atoms with Gasteiger partial charge >= 0.3 is 0 Å². The van der Waals surface area contributed by atoms with Crippen LogP contribution in [0.2, 0.25) is 0 Å². The second-order valence-corrected chi connectivity index (χ2v) is 5.14. The standard InChI is InChI=1S/C16H21N3O2/c1-11-14(12(2)21-19-11)10-18-16(20)9-8-15(17)13-6-4-3-5-7-13/h3-7,15H,8-10,17H2,1-2H3,(H,18,20). The summed E-state index contributed by atoms with van der Waals surface area (Å²) < 4.78 is 5.06. The van der Waals surface area contributed by atoms with Crippen LogP contribution < -0.4 is 11.1 Å². The van der Waals surface area contributed by atoms with Crippen molar-refractivity contribution in [3.63, 3.8) is 0 Å². The van der Waals surface area contributed by atoms with Gasteiger partial charge in [0.05, 0.1) is 5.69 Å². The van der Waals surface area contributed by atoms with Crippen molar-refractivity contribution in [3.05, 3.63) is 52.9 Å². The first-order valence-electron chi connectivity index (χ1n) is 7.07. The number of carbonyl (C=O) groups is 1. The van der Waals surface area contributed by atoms with Crippen LogP contribution in [0, 0.1) is 13.8 Å². The molecule has 1 atom stereocenters. The topological polar surface area (TPSA) is 81.2 Å². The van der Waals surface area contributed by atoms with E-state index in [-0.39, 0.29) is 11.9 Å². The van der Waals surface area contributed by atoms with E-state index in [0.29, 0.717) is 19.4 Å². The van der Waals surface area contributed by atoms with Gasteiger partial charge in [0.25, 0.3) is 0 Å². The van der Waals surface area contributed by atoms with Gasteiger partial charge in [0.15, 0.2) is 0 Å². The molecule has 5 heteroatoms. The van der Waals surface area contributed by atoms with Crippen LogP contribution in [0.1, 0.15) is 41.5 Å². The zero-order valence-electron chi connectivity index (χ0n) is 12.4. The minimum Gasteiger partial charge on any atom is -0.361 e. The van der Waals surface area contributed by atoms with Crippen LogP contribution >= 0.6 is 0 Å². The van der Waals surface area contributed by atoms with Gasteiger partial charge in [-0.25, -0.2) is 0 Å². The van der Waals surface area contributed by atoms with E-state index in [1.807, 2.05) is 44.2 Å². The van der Waals surface area contributed by atoms with Gasteiger partial charge in [0, 0.05) is 24.6 Å². The number of nitrogens with one attached hydrogen (secondary N) is 1. The lowest BCUT2D eigenvalue weighted by Crippen LogP contribution is -2.24. The smallest absolute Gasteiger partial charge is 0.220 e. The lowest BCUT2D eigenvalue weighted by Gasteiger charge is -2.11. The molecule has 0 fully saturated rings. The first kappa shape index (κ1) is 15.3. The van der Waals surface area contributed by atoms with Crippen molar-refractivity contribution in [2.45, 2.75) is 39.3 Å². The highest BCUT2D eigenvalue weighted by molar-refractivity contribution is 5.75. The number of aromatic nitrogens is 1. The lowest BCUT2D eigenvalue weighted by molar-refractivity contribution is -0.121. The summed E-state index contributed by atoms with van der Waals surface area (Å²) in [5, 5.41) is 6.74. The van der Waals surface area contributed by atoms with E-state index in [0.717, 1.165) is 22.6 Å². The molecule has 3 N–H and O–H groups in total. The second-order valence-electron chi connectivity index (χ2n) is 5.14. The SMILES string of the molecule is Cc1noc(C)c1CNC(=O)CCC(N)c1ccccc1. The number of rotatable bonds is 6. The Labute approximate surface area is 124 Å². The number of hydrogen-bond donors (Lipinski definition) is 2. The fraction of sp³-hybridized carbons (Fsp3) is 0.375. The fourth-order valence-electron chi connectivity index (χ4n) is 2.18. The molecule has 5 nitrogen and oxygen atoms in total. The molecule has 2 aromatic rings. The molecule has 0 spiro atoms. The Morgan fingerprint density at radius 3 is 2.67 bits per heavy atom.